The molecule has 0 unspecified atom stereocenters. The molecule has 10 nitrogen and oxygen atoms in total. The number of carboxylic acid groups (broad SMARTS) is 2. The van der Waals surface area contributed by atoms with E-state index in [-0.39, 0.29) is 73.9 Å². The molecular weight excluding hydrogens is 395 g/mol. The van der Waals surface area contributed by atoms with Gasteiger partial charge in [0.25, 0.3) is 0 Å². The van der Waals surface area contributed by atoms with Gasteiger partial charge in [-0.1, -0.05) is 0 Å². The predicted octanol–water partition coefficient (Wildman–Crippen LogP) is -4.01. The number of Topliss-reactive ketones (excluding diaryl/α,β-unsaturated/α-hetero) is 2. The zero-order valence-corrected chi connectivity index (χ0v) is 16.1. The number of rotatable bonds is 9. The van der Waals surface area contributed by atoms with Gasteiger partial charge >= 0.3 is 11.9 Å². The number of carboxylic acids is 2. The summed E-state index contributed by atoms with van der Waals surface area (Å²) >= 11 is 4.64. The van der Waals surface area contributed by atoms with E-state index in [4.69, 9.17) is 10.2 Å². The molecule has 0 bridgehead atoms. The Morgan fingerprint density at radius 3 is 1.46 bits per heavy atom. The summed E-state index contributed by atoms with van der Waals surface area (Å²) < 4.78 is 0. The van der Waals surface area contributed by atoms with E-state index in [2.05, 4.69) is 22.7 Å². The molecule has 1 amide bonds. The van der Waals surface area contributed by atoms with Crippen molar-refractivity contribution >= 4 is 46.3 Å². The van der Waals surface area contributed by atoms with Gasteiger partial charge in [0.1, 0.15) is 6.54 Å². The second kappa shape index (κ2) is 21.0. The first-order chi connectivity index (χ1) is 11.4. The minimum Gasteiger partial charge on any atom is -1.00 e. The molecule has 0 saturated heterocycles. The molecule has 0 radical (unpaired) electrons. The fourth-order valence-corrected chi connectivity index (χ4v) is 0.929. The summed E-state index contributed by atoms with van der Waals surface area (Å²) in [6, 6.07) is 0. The van der Waals surface area contributed by atoms with Gasteiger partial charge in [-0.25, -0.2) is 0 Å². The minimum atomic E-state index is -1.01. The normalized spacial score (nSPS) is 8.31. The average Bonchev–Trinajstić information content (AvgIpc) is 2.48. The molecule has 0 saturated carbocycles. The maximum atomic E-state index is 10.8. The molecule has 0 aliphatic carbocycles. The van der Waals surface area contributed by atoms with Gasteiger partial charge in [-0.3, -0.25) is 28.8 Å². The Kier molecular flexibility index (Phi) is 25.6. The molecule has 0 aromatic heterocycles. The summed E-state index contributed by atoms with van der Waals surface area (Å²) in [5, 5.41) is 18.2. The number of halogens is 2. The summed E-state index contributed by atoms with van der Waals surface area (Å²) in [5.74, 6) is -2.60. The average molecular weight is 419 g/mol. The minimum absolute atomic E-state index is 0. The van der Waals surface area contributed by atoms with E-state index in [1.54, 1.807) is 0 Å². The lowest BCUT2D eigenvalue weighted by molar-refractivity contribution is -0.354. The number of nitrogens with one attached hydrogen (secondary N) is 1. The van der Waals surface area contributed by atoms with Crippen molar-refractivity contribution in [3.8, 4) is 0 Å². The highest BCUT2D eigenvalue weighted by molar-refractivity contribution is 6.62. The first-order valence-electron chi connectivity index (χ1n) is 7.09. The van der Waals surface area contributed by atoms with E-state index in [0.717, 1.165) is 0 Å². The maximum Gasteiger partial charge on any atom is 0.303 e. The third-order valence-electron chi connectivity index (χ3n) is 2.05. The zero-order chi connectivity index (χ0) is 20.4. The van der Waals surface area contributed by atoms with Crippen LogP contribution in [-0.2, 0) is 28.8 Å². The lowest BCUT2D eigenvalue weighted by Gasteiger charge is -1.98. The number of amides is 1. The molecule has 12 heteroatoms. The van der Waals surface area contributed by atoms with Crippen LogP contribution in [0, 0.1) is 0 Å². The third-order valence-corrected chi connectivity index (χ3v) is 2.05. The Hall–Kier alpha value is -2.04. The van der Waals surface area contributed by atoms with E-state index in [9.17, 15) is 28.8 Å². The van der Waals surface area contributed by atoms with Crippen molar-refractivity contribution in [3.05, 3.63) is 0 Å². The second-order valence-electron chi connectivity index (χ2n) is 4.49. The van der Waals surface area contributed by atoms with Crippen molar-refractivity contribution in [2.24, 2.45) is 0 Å². The number of hydrogen-bond acceptors (Lipinski definition) is 6. The summed E-state index contributed by atoms with van der Waals surface area (Å²) in [5.41, 5.74) is 3.32. The number of carbonyl (C=O) groups is 6. The highest BCUT2D eigenvalue weighted by Gasteiger charge is 2.05. The molecule has 0 heterocycles. The van der Waals surface area contributed by atoms with Crippen molar-refractivity contribution in [3.63, 3.8) is 0 Å². The Morgan fingerprint density at radius 2 is 1.19 bits per heavy atom. The number of quaternary nitrogens is 1. The second-order valence-corrected chi connectivity index (χ2v) is 5.03. The first kappa shape index (κ1) is 31.7. The predicted molar refractivity (Wildman–Crippen MR) is 86.7 cm³/mol. The molecule has 0 aliphatic rings. The number of carbonyl (C=O) groups excluding carboxylic acids is 4. The molecule has 152 valence electrons. The summed E-state index contributed by atoms with van der Waals surface area (Å²) in [6.45, 7) is 2.70. The van der Waals surface area contributed by atoms with Crippen molar-refractivity contribution in [2.75, 3.05) is 13.1 Å². The molecule has 0 spiro atoms. The van der Waals surface area contributed by atoms with Gasteiger partial charge in [-0.05, 0) is 11.6 Å². The van der Waals surface area contributed by atoms with Gasteiger partial charge in [0.05, 0.1) is 19.4 Å². The van der Waals surface area contributed by atoms with Crippen molar-refractivity contribution < 1.29 is 57.1 Å². The van der Waals surface area contributed by atoms with Crippen LogP contribution in [0.3, 0.4) is 0 Å². The van der Waals surface area contributed by atoms with Crippen LogP contribution >= 0.6 is 11.6 Å². The van der Waals surface area contributed by atoms with Gasteiger partial charge in [0.15, 0.2) is 11.6 Å². The lowest BCUT2D eigenvalue weighted by atomic mass is 10.2. The van der Waals surface area contributed by atoms with Gasteiger partial charge in [0.2, 0.25) is 11.1 Å². The Labute approximate surface area is 161 Å². The largest absolute Gasteiger partial charge is 1.00 e. The Balaban J connectivity index is -0.000000153. The molecule has 6 N–H and O–H groups in total. The molecule has 0 aliphatic heterocycles. The Morgan fingerprint density at radius 1 is 0.846 bits per heavy atom. The number of ketones is 2. The molecular formula is C14H24Cl2N2O8. The highest BCUT2D eigenvalue weighted by atomic mass is 35.5. The molecule has 0 atom stereocenters. The van der Waals surface area contributed by atoms with Gasteiger partial charge in [0, 0.05) is 26.7 Å². The van der Waals surface area contributed by atoms with E-state index < -0.39 is 11.9 Å². The summed E-state index contributed by atoms with van der Waals surface area (Å²) in [6.07, 6.45) is -0.179. The van der Waals surface area contributed by atoms with Crippen LogP contribution in [0.15, 0.2) is 0 Å². The lowest BCUT2D eigenvalue weighted by Crippen LogP contribution is -3.00. The smallest absolute Gasteiger partial charge is 0.303 e. The van der Waals surface area contributed by atoms with Crippen LogP contribution in [-0.4, -0.2) is 58.0 Å². The Bertz CT molecular complexity index is 460. The topological polar surface area (TPSA) is 183 Å². The van der Waals surface area contributed by atoms with Gasteiger partial charge in [-0.2, -0.15) is 0 Å². The van der Waals surface area contributed by atoms with Crippen molar-refractivity contribution in [1.82, 2.24) is 5.32 Å². The van der Waals surface area contributed by atoms with Gasteiger partial charge < -0.3 is 33.7 Å². The zero-order valence-electron chi connectivity index (χ0n) is 14.5. The summed E-state index contributed by atoms with van der Waals surface area (Å²) in [7, 11) is 0. The van der Waals surface area contributed by atoms with Crippen LogP contribution < -0.4 is 23.5 Å². The number of aliphatic carboxylic acids is 2. The van der Waals surface area contributed by atoms with Crippen LogP contribution in [0.5, 0.6) is 0 Å². The third kappa shape index (κ3) is 43.1. The first-order valence-corrected chi connectivity index (χ1v) is 7.46. The van der Waals surface area contributed by atoms with E-state index in [1.807, 2.05) is 0 Å². The van der Waals surface area contributed by atoms with E-state index >= 15 is 0 Å². The van der Waals surface area contributed by atoms with Gasteiger partial charge in [-0.15, -0.1) is 0 Å². The molecule has 26 heavy (non-hydrogen) atoms. The molecule has 0 aromatic rings. The monoisotopic (exact) mass is 418 g/mol. The molecule has 0 rings (SSSR count). The van der Waals surface area contributed by atoms with Crippen LogP contribution in [0.1, 0.15) is 39.5 Å². The molecule has 0 aromatic carbocycles. The summed E-state index contributed by atoms with van der Waals surface area (Å²) in [4.78, 5) is 60.5. The fourth-order valence-electron chi connectivity index (χ4n) is 0.929. The standard InChI is InChI=1S/C7H11NO4.C5H9NO3.C2H3ClO.ClH/c1-5(9)8-4-6(10)2-3-7(11)12;6-3-4(7)1-2-5(8)9;1-2(3)4;/h2-4H2,1H3,(H,8,9)(H,11,12);1-3,6H2,(H,8,9);1H3;1H. The highest BCUT2D eigenvalue weighted by Crippen LogP contribution is 1.89. The van der Waals surface area contributed by atoms with E-state index in [1.165, 1.54) is 13.8 Å². The quantitative estimate of drug-likeness (QED) is 0.273. The van der Waals surface area contributed by atoms with Crippen LogP contribution in [0.2, 0.25) is 0 Å². The maximum absolute atomic E-state index is 10.8. The van der Waals surface area contributed by atoms with E-state index in [0.29, 0.717) is 0 Å². The molecule has 0 fully saturated rings. The SMILES string of the molecule is CC(=O)Cl.CC(=O)NCC(=O)CCC(=O)O.[Cl-].[NH3+]CC(=O)CCC(=O)O. The van der Waals surface area contributed by atoms with Crippen molar-refractivity contribution in [1.29, 1.82) is 0 Å². The van der Waals surface area contributed by atoms with Crippen LogP contribution in [0.4, 0.5) is 0 Å². The fraction of sp³-hybridized carbons (Fsp3) is 0.571. The number of hydrogen-bond donors (Lipinski definition) is 4. The van der Waals surface area contributed by atoms with Crippen molar-refractivity contribution in [2.45, 2.75) is 39.5 Å². The van der Waals surface area contributed by atoms with Crippen LogP contribution in [0.25, 0.3) is 0 Å².